The number of carboxylic acids is 1. The molecule has 5 N–H and O–H groups in total. The van der Waals surface area contributed by atoms with Gasteiger partial charge in [0.15, 0.2) is 0 Å². The van der Waals surface area contributed by atoms with E-state index >= 15 is 0 Å². The van der Waals surface area contributed by atoms with Crippen molar-refractivity contribution in [1.29, 1.82) is 0 Å². The molecule has 114 valence electrons. The van der Waals surface area contributed by atoms with Crippen molar-refractivity contribution in [3.05, 3.63) is 23.5 Å². The summed E-state index contributed by atoms with van der Waals surface area (Å²) in [4.78, 5) is 24.8. The molecule has 21 heavy (non-hydrogen) atoms. The lowest BCUT2D eigenvalue weighted by atomic mass is 10.1. The van der Waals surface area contributed by atoms with Crippen molar-refractivity contribution in [3.8, 4) is 0 Å². The van der Waals surface area contributed by atoms with E-state index < -0.39 is 17.5 Å². The number of carboxylic acid groups (broad SMARTS) is 1. The molecule has 0 spiro atoms. The molecular weight excluding hydrogens is 279 g/mol. The highest BCUT2D eigenvalue weighted by Gasteiger charge is 2.20. The first-order chi connectivity index (χ1) is 10.0. The highest BCUT2D eigenvalue weighted by molar-refractivity contribution is 6.00. The lowest BCUT2D eigenvalue weighted by Crippen LogP contribution is -2.48. The van der Waals surface area contributed by atoms with Gasteiger partial charge in [-0.2, -0.15) is 0 Å². The first kappa shape index (κ1) is 15.0. The molecule has 0 aliphatic carbocycles. The van der Waals surface area contributed by atoms with Crippen LogP contribution in [0.2, 0.25) is 0 Å². The van der Waals surface area contributed by atoms with E-state index in [0.717, 1.165) is 19.2 Å². The third-order valence-electron chi connectivity index (χ3n) is 3.31. The number of nitrogens with one attached hydrogen (secondary N) is 2. The number of amides is 1. The average Bonchev–Trinajstić information content (AvgIpc) is 2.48. The van der Waals surface area contributed by atoms with Gasteiger partial charge in [-0.3, -0.25) is 4.79 Å². The fourth-order valence-electron chi connectivity index (χ4n) is 2.17. The molecule has 8 heteroatoms. The summed E-state index contributed by atoms with van der Waals surface area (Å²) < 4.78 is 13.3. The number of nitrogen functional groups attached to an aromatic ring is 1. The summed E-state index contributed by atoms with van der Waals surface area (Å²) in [6, 6.07) is 2.33. The van der Waals surface area contributed by atoms with Crippen LogP contribution in [0.15, 0.2) is 12.1 Å². The van der Waals surface area contributed by atoms with Crippen LogP contribution in [-0.4, -0.2) is 54.6 Å². The molecule has 1 aromatic rings. The molecule has 0 bridgehead atoms. The molecule has 2 rings (SSSR count). The van der Waals surface area contributed by atoms with Gasteiger partial charge in [0.1, 0.15) is 11.4 Å². The van der Waals surface area contributed by atoms with E-state index in [1.54, 1.807) is 4.90 Å². The number of aromatic carboxylic acids is 1. The van der Waals surface area contributed by atoms with Gasteiger partial charge >= 0.3 is 5.97 Å². The molecule has 1 fully saturated rings. The second-order valence-corrected chi connectivity index (χ2v) is 4.67. The topological polar surface area (TPSA) is 108 Å². The molecule has 0 aromatic heterocycles. The number of halogens is 1. The monoisotopic (exact) mass is 296 g/mol. The van der Waals surface area contributed by atoms with Gasteiger partial charge < -0.3 is 26.4 Å². The molecule has 0 saturated carbocycles. The Kier molecular flexibility index (Phi) is 4.59. The summed E-state index contributed by atoms with van der Waals surface area (Å²) in [5.74, 6) is -2.29. The molecule has 0 unspecified atom stereocenters. The Morgan fingerprint density at radius 1 is 1.38 bits per heavy atom. The van der Waals surface area contributed by atoms with Crippen molar-refractivity contribution >= 4 is 23.3 Å². The molecule has 1 aliphatic heterocycles. The van der Waals surface area contributed by atoms with E-state index in [-0.39, 0.29) is 23.7 Å². The smallest absolute Gasteiger partial charge is 0.340 e. The zero-order chi connectivity index (χ0) is 15.4. The number of rotatable bonds is 4. The van der Waals surface area contributed by atoms with Crippen LogP contribution in [-0.2, 0) is 4.79 Å². The minimum absolute atomic E-state index is 0.0641. The third-order valence-corrected chi connectivity index (χ3v) is 3.31. The van der Waals surface area contributed by atoms with Crippen LogP contribution < -0.4 is 16.4 Å². The standard InChI is InChI=1S/C13H17FN4O3/c14-8-1-2-9(11(12(8)15)13(20)21)17-7-10(19)18-5-3-16-4-6-18/h1-2,16-17H,3-7,15H2,(H,20,21). The van der Waals surface area contributed by atoms with Crippen LogP contribution in [0.5, 0.6) is 0 Å². The minimum Gasteiger partial charge on any atom is -0.478 e. The number of carbonyl (C=O) groups excluding carboxylic acids is 1. The zero-order valence-corrected chi connectivity index (χ0v) is 11.4. The summed E-state index contributed by atoms with van der Waals surface area (Å²) in [5.41, 5.74) is 4.76. The van der Waals surface area contributed by atoms with Crippen molar-refractivity contribution < 1.29 is 19.1 Å². The van der Waals surface area contributed by atoms with Gasteiger partial charge in [-0.25, -0.2) is 9.18 Å². The van der Waals surface area contributed by atoms with Gasteiger partial charge in [0, 0.05) is 26.2 Å². The summed E-state index contributed by atoms with van der Waals surface area (Å²) in [5, 5.41) is 14.9. The van der Waals surface area contributed by atoms with Gasteiger partial charge in [-0.1, -0.05) is 0 Å². The van der Waals surface area contributed by atoms with Gasteiger partial charge in [0.25, 0.3) is 0 Å². The molecule has 0 atom stereocenters. The van der Waals surface area contributed by atoms with Crippen molar-refractivity contribution in [3.63, 3.8) is 0 Å². The molecule has 1 saturated heterocycles. The normalized spacial score (nSPS) is 14.8. The average molecular weight is 296 g/mol. The largest absolute Gasteiger partial charge is 0.478 e. The number of benzene rings is 1. The fraction of sp³-hybridized carbons (Fsp3) is 0.385. The van der Waals surface area contributed by atoms with Crippen LogP contribution in [0.1, 0.15) is 10.4 Å². The van der Waals surface area contributed by atoms with E-state index in [9.17, 15) is 14.0 Å². The summed E-state index contributed by atoms with van der Waals surface area (Å²) >= 11 is 0. The number of carbonyl (C=O) groups is 2. The van der Waals surface area contributed by atoms with E-state index in [2.05, 4.69) is 10.6 Å². The third kappa shape index (κ3) is 3.40. The second-order valence-electron chi connectivity index (χ2n) is 4.67. The van der Waals surface area contributed by atoms with Crippen molar-refractivity contribution in [2.75, 3.05) is 43.8 Å². The summed E-state index contributed by atoms with van der Waals surface area (Å²) in [6.07, 6.45) is 0. The predicted octanol–water partition coefficient (Wildman–Crippen LogP) is -0.0502. The fourth-order valence-corrected chi connectivity index (χ4v) is 2.17. The Bertz CT molecular complexity index is 559. The number of piperazine rings is 1. The van der Waals surface area contributed by atoms with Gasteiger partial charge in [0.05, 0.1) is 17.9 Å². The van der Waals surface area contributed by atoms with Crippen LogP contribution >= 0.6 is 0 Å². The Labute approximate surface area is 120 Å². The Balaban J connectivity index is 2.07. The SMILES string of the molecule is Nc1c(F)ccc(NCC(=O)N2CCNCC2)c1C(=O)O. The summed E-state index contributed by atoms with van der Waals surface area (Å²) in [7, 11) is 0. The Hall–Kier alpha value is -2.35. The molecule has 1 aromatic carbocycles. The first-order valence-corrected chi connectivity index (χ1v) is 6.54. The number of anilines is 2. The summed E-state index contributed by atoms with van der Waals surface area (Å²) in [6.45, 7) is 2.62. The van der Waals surface area contributed by atoms with Crippen molar-refractivity contribution in [2.45, 2.75) is 0 Å². The van der Waals surface area contributed by atoms with Crippen LogP contribution in [0.4, 0.5) is 15.8 Å². The number of hydrogen-bond donors (Lipinski definition) is 4. The van der Waals surface area contributed by atoms with Crippen LogP contribution in [0.3, 0.4) is 0 Å². The van der Waals surface area contributed by atoms with Gasteiger partial charge in [-0.05, 0) is 12.1 Å². The maximum absolute atomic E-state index is 13.3. The van der Waals surface area contributed by atoms with E-state index in [1.807, 2.05) is 0 Å². The maximum Gasteiger partial charge on any atom is 0.340 e. The molecule has 1 heterocycles. The Morgan fingerprint density at radius 3 is 2.67 bits per heavy atom. The molecule has 1 amide bonds. The van der Waals surface area contributed by atoms with Crippen LogP contribution in [0, 0.1) is 5.82 Å². The molecule has 0 radical (unpaired) electrons. The van der Waals surface area contributed by atoms with Crippen molar-refractivity contribution in [1.82, 2.24) is 10.2 Å². The van der Waals surface area contributed by atoms with Gasteiger partial charge in [0.2, 0.25) is 5.91 Å². The zero-order valence-electron chi connectivity index (χ0n) is 11.4. The first-order valence-electron chi connectivity index (χ1n) is 6.54. The highest BCUT2D eigenvalue weighted by atomic mass is 19.1. The van der Waals surface area contributed by atoms with Crippen LogP contribution in [0.25, 0.3) is 0 Å². The van der Waals surface area contributed by atoms with Crippen molar-refractivity contribution in [2.24, 2.45) is 0 Å². The van der Waals surface area contributed by atoms with E-state index in [1.165, 1.54) is 6.07 Å². The predicted molar refractivity (Wildman–Crippen MR) is 75.7 cm³/mol. The van der Waals surface area contributed by atoms with E-state index in [4.69, 9.17) is 10.8 Å². The number of hydrogen-bond acceptors (Lipinski definition) is 5. The quantitative estimate of drug-likeness (QED) is 0.580. The molecule has 7 nitrogen and oxygen atoms in total. The maximum atomic E-state index is 13.3. The molecular formula is C13H17FN4O3. The minimum atomic E-state index is -1.34. The number of nitrogens with zero attached hydrogens (tertiary/aromatic N) is 1. The highest BCUT2D eigenvalue weighted by Crippen LogP contribution is 2.25. The Morgan fingerprint density at radius 2 is 2.05 bits per heavy atom. The van der Waals surface area contributed by atoms with Gasteiger partial charge in [-0.15, -0.1) is 0 Å². The second kappa shape index (κ2) is 6.40. The number of nitrogens with two attached hydrogens (primary N) is 1. The molecule has 1 aliphatic rings. The lowest BCUT2D eigenvalue weighted by molar-refractivity contribution is -0.129. The van der Waals surface area contributed by atoms with E-state index in [0.29, 0.717) is 13.1 Å². The lowest BCUT2D eigenvalue weighted by Gasteiger charge is -2.27.